The van der Waals surface area contributed by atoms with Gasteiger partial charge in [-0.3, -0.25) is 4.79 Å². The number of nitrogens with one attached hydrogen (secondary N) is 2. The Kier molecular flexibility index (Phi) is 7.50. The zero-order valence-corrected chi connectivity index (χ0v) is 21.6. The van der Waals surface area contributed by atoms with Crippen LogP contribution in [-0.4, -0.2) is 76.2 Å². The minimum Gasteiger partial charge on any atom is -0.437 e. The second kappa shape index (κ2) is 10.4. The van der Waals surface area contributed by atoms with Crippen molar-refractivity contribution in [2.75, 3.05) is 32.2 Å². The third-order valence-corrected chi connectivity index (χ3v) is 7.52. The molecule has 0 unspecified atom stereocenters. The molecule has 35 heavy (non-hydrogen) atoms. The van der Waals surface area contributed by atoms with E-state index in [0.29, 0.717) is 46.9 Å². The maximum atomic E-state index is 12.8. The molecule has 0 aromatic carbocycles. The zero-order valence-electron chi connectivity index (χ0n) is 19.3. The smallest absolute Gasteiger partial charge is 0.437 e. The van der Waals surface area contributed by atoms with E-state index in [1.165, 1.54) is 29.5 Å². The number of carbonyl (C=O) groups excluding carboxylic acids is 2. The number of H-pyrrole nitrogens is 1. The molecule has 0 aliphatic carbocycles. The molecule has 188 valence electrons. The predicted octanol–water partition coefficient (Wildman–Crippen LogP) is 3.05. The molecule has 2 N–H and O–H groups in total. The van der Waals surface area contributed by atoms with Crippen LogP contribution in [0.3, 0.4) is 0 Å². The van der Waals surface area contributed by atoms with Gasteiger partial charge in [-0.05, 0) is 13.3 Å². The summed E-state index contributed by atoms with van der Waals surface area (Å²) in [6.07, 6.45) is 0.751. The molecule has 0 spiro atoms. The van der Waals surface area contributed by atoms with Crippen molar-refractivity contribution in [2.24, 2.45) is 7.05 Å². The van der Waals surface area contributed by atoms with Gasteiger partial charge >= 0.3 is 6.16 Å². The Hall–Kier alpha value is -2.87. The first kappa shape index (κ1) is 25.2. The Balaban J connectivity index is 1.52. The third-order valence-electron chi connectivity index (χ3n) is 5.58. The lowest BCUT2D eigenvalue weighted by molar-refractivity contribution is 0.0540. The fraction of sp³-hybridized carbons (Fsp3) is 0.450. The summed E-state index contributed by atoms with van der Waals surface area (Å²) in [5, 5.41) is 8.39. The highest BCUT2D eigenvalue weighted by atomic mass is 35.5. The molecule has 0 saturated carbocycles. The first-order chi connectivity index (χ1) is 16.7. The van der Waals surface area contributed by atoms with Crippen LogP contribution in [0.2, 0.25) is 10.0 Å². The van der Waals surface area contributed by atoms with Gasteiger partial charge in [-0.15, -0.1) is 0 Å². The standard InChI is InChI=1S/C20H23Cl2N7O5S/c1-9-12(21)13(22)14(25-9)17(30)26-10-5-6-29(7-11(10)32-3)19-27-15(16-23-8-24-28(16)2)18(35-19)34-20(31)33-4/h8,10-11,25H,5-7H2,1-4H3,(H,26,30)/t10-,11+/m1/s1. The number of methoxy groups -OCH3 is 2. The fourth-order valence-corrected chi connectivity index (χ4v) is 5.09. The highest BCUT2D eigenvalue weighted by Gasteiger charge is 2.34. The summed E-state index contributed by atoms with van der Waals surface area (Å²) >= 11 is 13.5. The molecule has 3 aromatic heterocycles. The van der Waals surface area contributed by atoms with Gasteiger partial charge in [0.15, 0.2) is 16.6 Å². The molecular weight excluding hydrogens is 521 g/mol. The molecule has 3 aromatic rings. The largest absolute Gasteiger partial charge is 0.514 e. The number of carbonyl (C=O) groups is 2. The number of thiazole rings is 1. The fourth-order valence-electron chi connectivity index (χ4n) is 3.73. The maximum absolute atomic E-state index is 12.8. The summed E-state index contributed by atoms with van der Waals surface area (Å²) in [5.74, 6) is 0.0757. The van der Waals surface area contributed by atoms with Crippen molar-refractivity contribution in [1.29, 1.82) is 0 Å². The van der Waals surface area contributed by atoms with Gasteiger partial charge in [0.1, 0.15) is 12.0 Å². The summed E-state index contributed by atoms with van der Waals surface area (Å²) in [4.78, 5) is 38.4. The number of anilines is 1. The van der Waals surface area contributed by atoms with Crippen LogP contribution in [0.4, 0.5) is 9.93 Å². The van der Waals surface area contributed by atoms with Crippen molar-refractivity contribution in [3.8, 4) is 16.6 Å². The van der Waals surface area contributed by atoms with Gasteiger partial charge in [0, 0.05) is 32.9 Å². The molecule has 2 atom stereocenters. The Morgan fingerprint density at radius 3 is 2.66 bits per heavy atom. The Labute approximate surface area is 214 Å². The normalized spacial score (nSPS) is 17.9. The average molecular weight is 544 g/mol. The van der Waals surface area contributed by atoms with E-state index in [2.05, 4.69) is 30.1 Å². The third kappa shape index (κ3) is 5.08. The van der Waals surface area contributed by atoms with Crippen LogP contribution in [0.1, 0.15) is 22.6 Å². The van der Waals surface area contributed by atoms with Crippen LogP contribution < -0.4 is 15.0 Å². The minimum atomic E-state index is -0.863. The Morgan fingerprint density at radius 2 is 2.06 bits per heavy atom. The molecule has 0 radical (unpaired) electrons. The predicted molar refractivity (Wildman–Crippen MR) is 130 cm³/mol. The number of aromatic amines is 1. The van der Waals surface area contributed by atoms with E-state index in [0.717, 1.165) is 0 Å². The summed E-state index contributed by atoms with van der Waals surface area (Å²) in [7, 11) is 4.52. The second-order valence-electron chi connectivity index (χ2n) is 7.74. The molecule has 4 heterocycles. The molecular formula is C20H23Cl2N7O5S. The van der Waals surface area contributed by atoms with E-state index >= 15 is 0 Å². The summed E-state index contributed by atoms with van der Waals surface area (Å²) in [5.41, 5.74) is 1.20. The molecule has 1 amide bonds. The van der Waals surface area contributed by atoms with Crippen LogP contribution in [0.25, 0.3) is 11.5 Å². The van der Waals surface area contributed by atoms with Crippen LogP contribution in [0.5, 0.6) is 5.06 Å². The van der Waals surface area contributed by atoms with Crippen molar-refractivity contribution in [3.05, 3.63) is 27.8 Å². The number of nitrogens with zero attached hydrogens (tertiary/aromatic N) is 5. The molecule has 1 aliphatic rings. The number of aromatic nitrogens is 5. The lowest BCUT2D eigenvalue weighted by Crippen LogP contribution is -2.55. The molecule has 15 heteroatoms. The van der Waals surface area contributed by atoms with Gasteiger partial charge in [0.2, 0.25) is 5.06 Å². The number of amides is 1. The first-order valence-electron chi connectivity index (χ1n) is 10.5. The number of halogens is 2. The molecule has 0 bridgehead atoms. The molecule has 12 nitrogen and oxygen atoms in total. The van der Waals surface area contributed by atoms with Gasteiger partial charge in [0.05, 0.1) is 29.3 Å². The number of piperidine rings is 1. The highest BCUT2D eigenvalue weighted by molar-refractivity contribution is 7.18. The van der Waals surface area contributed by atoms with Crippen molar-refractivity contribution in [2.45, 2.75) is 25.5 Å². The minimum absolute atomic E-state index is 0.185. The zero-order chi connectivity index (χ0) is 25.3. The van der Waals surface area contributed by atoms with Crippen LogP contribution in [0, 0.1) is 6.92 Å². The van der Waals surface area contributed by atoms with E-state index < -0.39 is 6.16 Å². The SMILES string of the molecule is COC(=O)Oc1sc(N2CC[C@@H](NC(=O)c3[nH]c(C)c(Cl)c3Cl)[C@@H](OC)C2)nc1-c1ncnn1C. The van der Waals surface area contributed by atoms with Gasteiger partial charge in [-0.2, -0.15) is 5.10 Å². The maximum Gasteiger partial charge on any atom is 0.514 e. The van der Waals surface area contributed by atoms with Gasteiger partial charge in [-0.1, -0.05) is 34.5 Å². The van der Waals surface area contributed by atoms with E-state index in [1.54, 1.807) is 21.1 Å². The van der Waals surface area contributed by atoms with Crippen molar-refractivity contribution >= 4 is 51.7 Å². The Bertz CT molecular complexity index is 1240. The monoisotopic (exact) mass is 543 g/mol. The number of aryl methyl sites for hydroxylation is 2. The van der Waals surface area contributed by atoms with E-state index in [9.17, 15) is 9.59 Å². The van der Waals surface area contributed by atoms with Gasteiger partial charge in [-0.25, -0.2) is 19.4 Å². The number of hydrogen-bond acceptors (Lipinski definition) is 10. The van der Waals surface area contributed by atoms with E-state index in [1.807, 2.05) is 4.90 Å². The van der Waals surface area contributed by atoms with Crippen LogP contribution in [0.15, 0.2) is 6.33 Å². The van der Waals surface area contributed by atoms with E-state index in [-0.39, 0.29) is 33.8 Å². The van der Waals surface area contributed by atoms with Crippen molar-refractivity contribution in [1.82, 2.24) is 30.0 Å². The topological polar surface area (TPSA) is 136 Å². The quantitative estimate of drug-likeness (QED) is 0.449. The number of ether oxygens (including phenoxy) is 3. The van der Waals surface area contributed by atoms with Crippen LogP contribution in [-0.2, 0) is 16.5 Å². The second-order valence-corrected chi connectivity index (χ2v) is 9.43. The Morgan fingerprint density at radius 1 is 1.29 bits per heavy atom. The molecule has 1 fully saturated rings. The van der Waals surface area contributed by atoms with Crippen molar-refractivity contribution in [3.63, 3.8) is 0 Å². The lowest BCUT2D eigenvalue weighted by Gasteiger charge is -2.37. The van der Waals surface area contributed by atoms with E-state index in [4.69, 9.17) is 32.7 Å². The average Bonchev–Trinajstić information content (AvgIpc) is 3.53. The first-order valence-corrected chi connectivity index (χ1v) is 12.0. The number of hydrogen-bond donors (Lipinski definition) is 2. The number of rotatable bonds is 6. The molecule has 1 aliphatic heterocycles. The van der Waals surface area contributed by atoms with Gasteiger partial charge in [0.25, 0.3) is 5.91 Å². The summed E-state index contributed by atoms with van der Waals surface area (Å²) in [6, 6.07) is -0.272. The van der Waals surface area contributed by atoms with Gasteiger partial charge < -0.3 is 29.4 Å². The van der Waals surface area contributed by atoms with Crippen LogP contribution >= 0.6 is 34.5 Å². The molecule has 1 saturated heterocycles. The summed E-state index contributed by atoms with van der Waals surface area (Å²) in [6.45, 7) is 2.73. The summed E-state index contributed by atoms with van der Waals surface area (Å²) < 4.78 is 17.2. The lowest BCUT2D eigenvalue weighted by atomic mass is 10.0. The van der Waals surface area contributed by atoms with Crippen molar-refractivity contribution < 1.29 is 23.8 Å². The highest BCUT2D eigenvalue weighted by Crippen LogP contribution is 2.40. The molecule has 4 rings (SSSR count).